The summed E-state index contributed by atoms with van der Waals surface area (Å²) in [5.41, 5.74) is 5.04. The standard InChI is InChI=1S/C10H22N2O2/c1-4-12(6-5-7-13)9(14)10(2,3)8-11/h13H,4-8,11H2,1-3H3. The van der Waals surface area contributed by atoms with Crippen LogP contribution in [-0.2, 0) is 4.79 Å². The molecule has 0 unspecified atom stereocenters. The third-order valence-corrected chi connectivity index (χ3v) is 2.34. The molecule has 0 saturated carbocycles. The summed E-state index contributed by atoms with van der Waals surface area (Å²) in [5, 5.41) is 8.69. The Hall–Kier alpha value is -0.610. The van der Waals surface area contributed by atoms with Gasteiger partial charge in [-0.05, 0) is 27.2 Å². The SMILES string of the molecule is CCN(CCCO)C(=O)C(C)(C)CN. The topological polar surface area (TPSA) is 66.6 Å². The minimum atomic E-state index is -0.495. The Morgan fingerprint density at radius 3 is 2.43 bits per heavy atom. The number of carbonyl (C=O) groups is 1. The van der Waals surface area contributed by atoms with Crippen LogP contribution in [0.5, 0.6) is 0 Å². The first-order valence-corrected chi connectivity index (χ1v) is 5.10. The number of nitrogens with two attached hydrogens (primary N) is 1. The predicted molar refractivity (Wildman–Crippen MR) is 56.8 cm³/mol. The van der Waals surface area contributed by atoms with Crippen LogP contribution < -0.4 is 5.73 Å². The van der Waals surface area contributed by atoms with Crippen LogP contribution in [0.4, 0.5) is 0 Å². The lowest BCUT2D eigenvalue weighted by molar-refractivity contribution is -0.139. The number of nitrogens with zero attached hydrogens (tertiary/aromatic N) is 1. The molecule has 4 heteroatoms. The van der Waals surface area contributed by atoms with Crippen molar-refractivity contribution in [3.8, 4) is 0 Å². The average Bonchev–Trinajstić information content (AvgIpc) is 2.18. The maximum Gasteiger partial charge on any atom is 0.229 e. The van der Waals surface area contributed by atoms with Crippen molar-refractivity contribution < 1.29 is 9.90 Å². The van der Waals surface area contributed by atoms with Gasteiger partial charge in [-0.25, -0.2) is 0 Å². The highest BCUT2D eigenvalue weighted by Crippen LogP contribution is 2.16. The molecule has 14 heavy (non-hydrogen) atoms. The first-order chi connectivity index (χ1) is 6.49. The van der Waals surface area contributed by atoms with Crippen LogP contribution in [-0.4, -0.2) is 42.2 Å². The largest absolute Gasteiger partial charge is 0.396 e. The van der Waals surface area contributed by atoms with Crippen molar-refractivity contribution >= 4 is 5.91 Å². The Kier molecular flexibility index (Phi) is 5.72. The highest BCUT2D eigenvalue weighted by molar-refractivity contribution is 5.82. The summed E-state index contributed by atoms with van der Waals surface area (Å²) in [5.74, 6) is 0.0657. The number of rotatable bonds is 6. The number of hydrogen-bond donors (Lipinski definition) is 2. The fraction of sp³-hybridized carbons (Fsp3) is 0.900. The summed E-state index contributed by atoms with van der Waals surface area (Å²) >= 11 is 0. The molecular weight excluding hydrogens is 180 g/mol. The van der Waals surface area contributed by atoms with E-state index in [2.05, 4.69) is 0 Å². The highest BCUT2D eigenvalue weighted by atomic mass is 16.3. The predicted octanol–water partition coefficient (Wildman–Crippen LogP) is 0.202. The maximum atomic E-state index is 11.9. The molecule has 0 aromatic carbocycles. The highest BCUT2D eigenvalue weighted by Gasteiger charge is 2.29. The van der Waals surface area contributed by atoms with Gasteiger partial charge in [0, 0.05) is 26.2 Å². The Bertz CT molecular complexity index is 181. The van der Waals surface area contributed by atoms with Crippen LogP contribution in [0.15, 0.2) is 0 Å². The van der Waals surface area contributed by atoms with Crippen molar-refractivity contribution in [1.29, 1.82) is 0 Å². The van der Waals surface area contributed by atoms with Crippen molar-refractivity contribution in [1.82, 2.24) is 4.90 Å². The van der Waals surface area contributed by atoms with Crippen LogP contribution in [0.2, 0.25) is 0 Å². The van der Waals surface area contributed by atoms with E-state index in [0.29, 0.717) is 26.1 Å². The van der Waals surface area contributed by atoms with Crippen molar-refractivity contribution in [2.24, 2.45) is 11.1 Å². The second-order valence-corrected chi connectivity index (χ2v) is 4.05. The molecule has 0 aliphatic carbocycles. The van der Waals surface area contributed by atoms with E-state index in [1.165, 1.54) is 0 Å². The maximum absolute atomic E-state index is 11.9. The van der Waals surface area contributed by atoms with Crippen molar-refractivity contribution in [2.45, 2.75) is 27.2 Å². The summed E-state index contributed by atoms with van der Waals surface area (Å²) in [7, 11) is 0. The van der Waals surface area contributed by atoms with Crippen molar-refractivity contribution in [3.63, 3.8) is 0 Å². The Labute approximate surface area is 86.1 Å². The quantitative estimate of drug-likeness (QED) is 0.646. The van der Waals surface area contributed by atoms with Gasteiger partial charge in [-0.3, -0.25) is 4.79 Å². The fourth-order valence-electron chi connectivity index (χ4n) is 1.18. The molecule has 0 radical (unpaired) electrons. The lowest BCUT2D eigenvalue weighted by atomic mass is 9.92. The molecule has 0 bridgehead atoms. The zero-order valence-electron chi connectivity index (χ0n) is 9.42. The van der Waals surface area contributed by atoms with E-state index in [0.717, 1.165) is 0 Å². The zero-order chi connectivity index (χ0) is 11.2. The van der Waals surface area contributed by atoms with Gasteiger partial charge in [0.25, 0.3) is 0 Å². The van der Waals surface area contributed by atoms with Gasteiger partial charge in [0.05, 0.1) is 5.41 Å². The molecule has 0 heterocycles. The van der Waals surface area contributed by atoms with Crippen LogP contribution in [0, 0.1) is 5.41 Å². The molecule has 0 aliphatic rings. The molecule has 4 nitrogen and oxygen atoms in total. The summed E-state index contributed by atoms with van der Waals surface area (Å²) in [6, 6.07) is 0. The molecule has 0 aromatic rings. The fourth-order valence-corrected chi connectivity index (χ4v) is 1.18. The van der Waals surface area contributed by atoms with Gasteiger partial charge in [0.2, 0.25) is 5.91 Å². The van der Waals surface area contributed by atoms with Crippen LogP contribution in [0.1, 0.15) is 27.2 Å². The number of carbonyl (C=O) groups excluding carboxylic acids is 1. The number of amides is 1. The minimum absolute atomic E-state index is 0.0657. The Morgan fingerprint density at radius 1 is 1.50 bits per heavy atom. The van der Waals surface area contributed by atoms with Crippen LogP contribution in [0.3, 0.4) is 0 Å². The van der Waals surface area contributed by atoms with Gasteiger partial charge in [0.15, 0.2) is 0 Å². The molecule has 0 fully saturated rings. The monoisotopic (exact) mass is 202 g/mol. The van der Waals surface area contributed by atoms with Gasteiger partial charge < -0.3 is 15.7 Å². The van der Waals surface area contributed by atoms with Gasteiger partial charge in [-0.1, -0.05) is 0 Å². The van der Waals surface area contributed by atoms with Crippen LogP contribution in [0.25, 0.3) is 0 Å². The first-order valence-electron chi connectivity index (χ1n) is 5.10. The molecule has 0 saturated heterocycles. The molecule has 0 aliphatic heterocycles. The number of aliphatic hydroxyl groups excluding tert-OH is 1. The van der Waals surface area contributed by atoms with Crippen molar-refractivity contribution in [3.05, 3.63) is 0 Å². The average molecular weight is 202 g/mol. The summed E-state index contributed by atoms with van der Waals surface area (Å²) in [6.07, 6.45) is 0.625. The summed E-state index contributed by atoms with van der Waals surface area (Å²) in [4.78, 5) is 13.6. The van der Waals surface area contributed by atoms with Gasteiger partial charge in [-0.2, -0.15) is 0 Å². The third kappa shape index (κ3) is 3.64. The van der Waals surface area contributed by atoms with Gasteiger partial charge >= 0.3 is 0 Å². The number of aliphatic hydroxyl groups is 1. The molecule has 0 spiro atoms. The molecule has 0 atom stereocenters. The summed E-state index contributed by atoms with van der Waals surface area (Å²) in [6.45, 7) is 7.36. The van der Waals surface area contributed by atoms with E-state index in [1.807, 2.05) is 20.8 Å². The molecule has 0 aromatic heterocycles. The molecule has 3 N–H and O–H groups in total. The first kappa shape index (κ1) is 13.4. The van der Waals surface area contributed by atoms with E-state index in [1.54, 1.807) is 4.90 Å². The zero-order valence-corrected chi connectivity index (χ0v) is 9.42. The van der Waals surface area contributed by atoms with Gasteiger partial charge in [-0.15, -0.1) is 0 Å². The second kappa shape index (κ2) is 5.98. The van der Waals surface area contributed by atoms with Crippen molar-refractivity contribution in [2.75, 3.05) is 26.2 Å². The lowest BCUT2D eigenvalue weighted by Crippen LogP contribution is -2.45. The smallest absolute Gasteiger partial charge is 0.229 e. The van der Waals surface area contributed by atoms with E-state index >= 15 is 0 Å². The van der Waals surface area contributed by atoms with Gasteiger partial charge in [0.1, 0.15) is 0 Å². The van der Waals surface area contributed by atoms with E-state index in [-0.39, 0.29) is 12.5 Å². The Balaban J connectivity index is 4.30. The minimum Gasteiger partial charge on any atom is -0.396 e. The molecule has 0 rings (SSSR count). The molecule has 1 amide bonds. The van der Waals surface area contributed by atoms with E-state index in [9.17, 15) is 4.79 Å². The van der Waals surface area contributed by atoms with E-state index < -0.39 is 5.41 Å². The van der Waals surface area contributed by atoms with E-state index in [4.69, 9.17) is 10.8 Å². The summed E-state index contributed by atoms with van der Waals surface area (Å²) < 4.78 is 0. The number of hydrogen-bond acceptors (Lipinski definition) is 3. The molecule has 84 valence electrons. The third-order valence-electron chi connectivity index (χ3n) is 2.34. The second-order valence-electron chi connectivity index (χ2n) is 4.05. The normalized spacial score (nSPS) is 11.5. The molecular formula is C10H22N2O2. The van der Waals surface area contributed by atoms with Crippen LogP contribution >= 0.6 is 0 Å². The lowest BCUT2D eigenvalue weighted by Gasteiger charge is -2.30. The Morgan fingerprint density at radius 2 is 2.07 bits per heavy atom.